The van der Waals surface area contributed by atoms with Gasteiger partial charge in [0.25, 0.3) is 5.70 Å². The number of nitrogens with two attached hydrogens (primary N) is 2. The lowest BCUT2D eigenvalue weighted by Gasteiger charge is -2.32. The van der Waals surface area contributed by atoms with E-state index in [4.69, 9.17) is 11.5 Å². The molecule has 1 aliphatic rings. The molecule has 0 amide bonds. The van der Waals surface area contributed by atoms with Crippen LogP contribution in [0.1, 0.15) is 0 Å². The van der Waals surface area contributed by atoms with Crippen LogP contribution in [-0.2, 0) is 0 Å². The first kappa shape index (κ1) is 10.6. The second-order valence-electron chi connectivity index (χ2n) is 2.99. The van der Waals surface area contributed by atoms with Crippen LogP contribution in [0.2, 0.25) is 0 Å². The first-order valence-corrected chi connectivity index (χ1v) is 3.98. The highest BCUT2D eigenvalue weighted by Crippen LogP contribution is 2.12. The van der Waals surface area contributed by atoms with Gasteiger partial charge in [-0.05, 0) is 6.08 Å². The van der Waals surface area contributed by atoms with Crippen molar-refractivity contribution < 1.29 is 10.0 Å². The van der Waals surface area contributed by atoms with E-state index >= 15 is 0 Å². The van der Waals surface area contributed by atoms with E-state index in [0.717, 1.165) is 6.20 Å². The van der Waals surface area contributed by atoms with Crippen LogP contribution in [0.4, 0.5) is 0 Å². The van der Waals surface area contributed by atoms with E-state index in [0.29, 0.717) is 0 Å². The highest BCUT2D eigenvalue weighted by molar-refractivity contribution is 5.24. The molecule has 2 unspecified atom stereocenters. The molecule has 0 fully saturated rings. The Balaban J connectivity index is 2.77. The summed E-state index contributed by atoms with van der Waals surface area (Å²) in [6.45, 7) is -0.0323. The molecule has 2 atom stereocenters. The Morgan fingerprint density at radius 2 is 2.43 bits per heavy atom. The van der Waals surface area contributed by atoms with E-state index in [2.05, 4.69) is 5.32 Å². The molecule has 7 heteroatoms. The van der Waals surface area contributed by atoms with E-state index in [1.54, 1.807) is 0 Å². The van der Waals surface area contributed by atoms with Crippen LogP contribution in [0.15, 0.2) is 24.0 Å². The van der Waals surface area contributed by atoms with E-state index in [9.17, 15) is 15.2 Å². The number of hydrogen-bond acceptors (Lipinski definition) is 6. The van der Waals surface area contributed by atoms with E-state index in [-0.39, 0.29) is 12.2 Å². The predicted octanol–water partition coefficient (Wildman–Crippen LogP) is -1.76. The van der Waals surface area contributed by atoms with Crippen molar-refractivity contribution in [2.75, 3.05) is 6.54 Å². The van der Waals surface area contributed by atoms with Gasteiger partial charge in [-0.3, -0.25) is 10.1 Å². The molecule has 0 aromatic rings. The fourth-order valence-electron chi connectivity index (χ4n) is 1.03. The third-order valence-electron chi connectivity index (χ3n) is 1.99. The third-order valence-corrected chi connectivity index (χ3v) is 1.99. The highest BCUT2D eigenvalue weighted by Gasteiger charge is 2.32. The van der Waals surface area contributed by atoms with Gasteiger partial charge in [0.05, 0.1) is 11.1 Å². The summed E-state index contributed by atoms with van der Waals surface area (Å²) in [6.07, 6.45) is 2.69. The van der Waals surface area contributed by atoms with Crippen molar-refractivity contribution in [3.8, 4) is 0 Å². The molecule has 0 saturated heterocycles. The van der Waals surface area contributed by atoms with Crippen molar-refractivity contribution in [3.63, 3.8) is 0 Å². The van der Waals surface area contributed by atoms with Crippen molar-refractivity contribution in [2.24, 2.45) is 11.5 Å². The number of rotatable bonds is 3. The second kappa shape index (κ2) is 3.74. The summed E-state index contributed by atoms with van der Waals surface area (Å²) in [6, 6.07) is 0. The Bertz CT molecular complexity index is 301. The van der Waals surface area contributed by atoms with Crippen molar-refractivity contribution in [1.82, 2.24) is 5.32 Å². The summed E-state index contributed by atoms with van der Waals surface area (Å²) < 4.78 is 0. The second-order valence-corrected chi connectivity index (χ2v) is 2.99. The van der Waals surface area contributed by atoms with Crippen molar-refractivity contribution in [3.05, 3.63) is 34.2 Å². The number of dihydropyridines is 1. The summed E-state index contributed by atoms with van der Waals surface area (Å²) >= 11 is 0. The van der Waals surface area contributed by atoms with E-state index in [1.807, 2.05) is 0 Å². The lowest BCUT2D eigenvalue weighted by atomic mass is 10.0. The van der Waals surface area contributed by atoms with Crippen LogP contribution < -0.4 is 16.8 Å². The van der Waals surface area contributed by atoms with Gasteiger partial charge >= 0.3 is 0 Å². The van der Waals surface area contributed by atoms with Crippen molar-refractivity contribution in [1.29, 1.82) is 0 Å². The average molecular weight is 200 g/mol. The van der Waals surface area contributed by atoms with Gasteiger partial charge in [0.15, 0.2) is 0 Å². The zero-order valence-corrected chi connectivity index (χ0v) is 7.38. The number of aliphatic hydroxyl groups is 1. The minimum atomic E-state index is -1.23. The van der Waals surface area contributed by atoms with Crippen LogP contribution in [0.3, 0.4) is 0 Å². The van der Waals surface area contributed by atoms with Crippen LogP contribution in [0.5, 0.6) is 0 Å². The number of nitro groups is 1. The van der Waals surface area contributed by atoms with Crippen LogP contribution in [-0.4, -0.2) is 28.3 Å². The number of allylic oxidation sites excluding steroid dienone is 1. The minimum Gasteiger partial charge on any atom is -0.388 e. The molecular formula is C7H12N4O3. The minimum absolute atomic E-state index is 0.0323. The zero-order chi connectivity index (χ0) is 10.8. The Hall–Kier alpha value is -1.44. The summed E-state index contributed by atoms with van der Waals surface area (Å²) in [5, 5.41) is 22.3. The Kier molecular flexibility index (Phi) is 2.84. The molecule has 6 N–H and O–H groups in total. The number of hydrogen-bond donors (Lipinski definition) is 4. The third kappa shape index (κ3) is 1.90. The largest absolute Gasteiger partial charge is 0.388 e. The SMILES string of the molecule is NCC(O)C1(N)C=CC([N+](=O)[O-])=CN1. The fourth-order valence-corrected chi connectivity index (χ4v) is 1.03. The van der Waals surface area contributed by atoms with Crippen LogP contribution >= 0.6 is 0 Å². The summed E-state index contributed by atoms with van der Waals surface area (Å²) in [5.41, 5.74) is 9.56. The molecule has 1 aliphatic heterocycles. The molecule has 0 aromatic heterocycles. The number of aliphatic hydroxyl groups excluding tert-OH is 1. The molecule has 1 heterocycles. The maximum absolute atomic E-state index is 10.3. The summed E-state index contributed by atoms with van der Waals surface area (Å²) in [7, 11) is 0. The molecule has 0 spiro atoms. The van der Waals surface area contributed by atoms with Crippen molar-refractivity contribution >= 4 is 0 Å². The Morgan fingerprint density at radius 1 is 1.79 bits per heavy atom. The van der Waals surface area contributed by atoms with Gasteiger partial charge in [-0.15, -0.1) is 0 Å². The maximum atomic E-state index is 10.3. The molecule has 1 rings (SSSR count). The monoisotopic (exact) mass is 200 g/mol. The van der Waals surface area contributed by atoms with E-state index < -0.39 is 16.7 Å². The van der Waals surface area contributed by atoms with Crippen LogP contribution in [0, 0.1) is 10.1 Å². The molecule has 78 valence electrons. The molecule has 0 bridgehead atoms. The Labute approximate surface area is 80.2 Å². The quantitative estimate of drug-likeness (QED) is 0.315. The Morgan fingerprint density at radius 3 is 2.79 bits per heavy atom. The lowest BCUT2D eigenvalue weighted by molar-refractivity contribution is -0.419. The van der Waals surface area contributed by atoms with Gasteiger partial charge in [0.1, 0.15) is 11.8 Å². The van der Waals surface area contributed by atoms with Gasteiger partial charge in [0, 0.05) is 12.6 Å². The maximum Gasteiger partial charge on any atom is 0.284 e. The first-order valence-electron chi connectivity index (χ1n) is 3.98. The molecule has 14 heavy (non-hydrogen) atoms. The van der Waals surface area contributed by atoms with Crippen LogP contribution in [0.25, 0.3) is 0 Å². The molecular weight excluding hydrogens is 188 g/mol. The zero-order valence-electron chi connectivity index (χ0n) is 7.38. The molecule has 0 aromatic carbocycles. The summed E-state index contributed by atoms with van der Waals surface area (Å²) in [5.74, 6) is 0. The topological polar surface area (TPSA) is 127 Å². The lowest BCUT2D eigenvalue weighted by Crippen LogP contribution is -2.61. The molecule has 0 saturated carbocycles. The number of nitrogens with one attached hydrogen (secondary N) is 1. The fraction of sp³-hybridized carbons (Fsp3) is 0.429. The van der Waals surface area contributed by atoms with Gasteiger partial charge in [-0.1, -0.05) is 0 Å². The smallest absolute Gasteiger partial charge is 0.284 e. The van der Waals surface area contributed by atoms with Crippen molar-refractivity contribution in [2.45, 2.75) is 11.8 Å². The highest BCUT2D eigenvalue weighted by atomic mass is 16.6. The predicted molar refractivity (Wildman–Crippen MR) is 49.3 cm³/mol. The molecule has 7 nitrogen and oxygen atoms in total. The standard InChI is InChI=1S/C7H12N4O3/c8-3-6(12)7(9)2-1-5(4-10-7)11(13)14/h1-2,4,6,10,12H,3,8-9H2. The first-order chi connectivity index (χ1) is 6.49. The number of nitrogens with zero attached hydrogens (tertiary/aromatic N) is 1. The van der Waals surface area contributed by atoms with E-state index in [1.165, 1.54) is 12.2 Å². The molecule has 0 radical (unpaired) electrons. The van der Waals surface area contributed by atoms with Gasteiger partial charge in [-0.2, -0.15) is 0 Å². The van der Waals surface area contributed by atoms with Gasteiger partial charge in [-0.25, -0.2) is 0 Å². The molecule has 0 aliphatic carbocycles. The summed E-state index contributed by atoms with van der Waals surface area (Å²) in [4.78, 5) is 9.77. The normalized spacial score (nSPS) is 27.8. The van der Waals surface area contributed by atoms with Gasteiger partial charge in [0.2, 0.25) is 0 Å². The average Bonchev–Trinajstić information content (AvgIpc) is 2.17. The van der Waals surface area contributed by atoms with Gasteiger partial charge < -0.3 is 21.9 Å².